The summed E-state index contributed by atoms with van der Waals surface area (Å²) in [6.07, 6.45) is -0.889. The van der Waals surface area contributed by atoms with E-state index in [1.54, 1.807) is 0 Å². The zero-order valence-corrected chi connectivity index (χ0v) is 6.34. The molecule has 0 aliphatic heterocycles. The summed E-state index contributed by atoms with van der Waals surface area (Å²) in [4.78, 5) is 0. The van der Waals surface area contributed by atoms with Gasteiger partial charge in [0.15, 0.2) is 0 Å². The first kappa shape index (κ1) is 8.65. The summed E-state index contributed by atoms with van der Waals surface area (Å²) in [5.41, 5.74) is -0.703. The van der Waals surface area contributed by atoms with Crippen molar-refractivity contribution in [2.45, 2.75) is 19.0 Å². The van der Waals surface area contributed by atoms with E-state index in [1.165, 1.54) is 6.08 Å². The van der Waals surface area contributed by atoms with Crippen LogP contribution in [-0.2, 0) is 0 Å². The summed E-state index contributed by atoms with van der Waals surface area (Å²) in [5, 5.41) is -0.0833. The molecule has 0 aromatic heterocycles. The summed E-state index contributed by atoms with van der Waals surface area (Å²) < 4.78 is 36.0. The van der Waals surface area contributed by atoms with E-state index >= 15 is 0 Å². The Morgan fingerprint density at radius 1 is 1.36 bits per heavy atom. The Morgan fingerprint density at radius 2 is 2.00 bits per heavy atom. The molecule has 0 saturated heterocycles. The molecule has 1 aliphatic carbocycles. The van der Waals surface area contributed by atoms with Crippen molar-refractivity contribution in [2.75, 3.05) is 0 Å². The lowest BCUT2D eigenvalue weighted by Crippen LogP contribution is -2.12. The van der Waals surface area contributed by atoms with Crippen LogP contribution in [0, 0.1) is 0 Å². The maximum absolute atomic E-state index is 12.0. The van der Waals surface area contributed by atoms with E-state index in [2.05, 4.69) is 0 Å². The van der Waals surface area contributed by atoms with Crippen LogP contribution in [0.4, 0.5) is 13.2 Å². The molecule has 0 aromatic carbocycles. The highest BCUT2D eigenvalue weighted by Crippen LogP contribution is 2.34. The highest BCUT2D eigenvalue weighted by atomic mass is 35.5. The molecule has 1 rings (SSSR count). The highest BCUT2D eigenvalue weighted by molar-refractivity contribution is 6.30. The molecule has 0 saturated carbocycles. The summed E-state index contributed by atoms with van der Waals surface area (Å²) in [6.45, 7) is 0. The van der Waals surface area contributed by atoms with E-state index in [0.717, 1.165) is 6.08 Å². The average Bonchev–Trinajstić information content (AvgIpc) is 1.86. The Bertz CT molecular complexity index is 212. The van der Waals surface area contributed by atoms with Gasteiger partial charge in [-0.25, -0.2) is 0 Å². The summed E-state index contributed by atoms with van der Waals surface area (Å²) in [6, 6.07) is 0. The van der Waals surface area contributed by atoms with Gasteiger partial charge in [-0.15, -0.1) is 0 Å². The van der Waals surface area contributed by atoms with Crippen molar-refractivity contribution < 1.29 is 13.2 Å². The Morgan fingerprint density at radius 3 is 2.36 bits per heavy atom. The molecule has 0 fully saturated rings. The first-order valence-electron chi connectivity index (χ1n) is 3.14. The maximum atomic E-state index is 12.0. The quantitative estimate of drug-likeness (QED) is 0.539. The standard InChI is InChI=1S/C7H6ClF3/c8-6-4-2-1-3-5(6)7(9,10)11/h1,3H,2,4H2. The number of hydrogen-bond acceptors (Lipinski definition) is 0. The Kier molecular flexibility index (Phi) is 2.28. The van der Waals surface area contributed by atoms with Gasteiger partial charge in [0.2, 0.25) is 0 Å². The molecule has 0 N–H and O–H groups in total. The van der Waals surface area contributed by atoms with Crippen LogP contribution < -0.4 is 0 Å². The molecule has 0 heterocycles. The van der Waals surface area contributed by atoms with E-state index < -0.39 is 11.7 Å². The van der Waals surface area contributed by atoms with E-state index in [1.807, 2.05) is 0 Å². The fourth-order valence-electron chi connectivity index (χ4n) is 0.885. The fraction of sp³-hybridized carbons (Fsp3) is 0.429. The molecular formula is C7H6ClF3. The lowest BCUT2D eigenvalue weighted by Gasteiger charge is -2.13. The molecule has 0 atom stereocenters. The van der Waals surface area contributed by atoms with Crippen molar-refractivity contribution in [3.05, 3.63) is 22.8 Å². The Labute approximate surface area is 67.3 Å². The van der Waals surface area contributed by atoms with Crippen LogP contribution in [0.1, 0.15) is 12.8 Å². The van der Waals surface area contributed by atoms with Gasteiger partial charge in [-0.3, -0.25) is 0 Å². The number of hydrogen-bond donors (Lipinski definition) is 0. The van der Waals surface area contributed by atoms with Crippen molar-refractivity contribution in [3.8, 4) is 0 Å². The minimum atomic E-state index is -4.30. The van der Waals surface area contributed by atoms with Gasteiger partial charge >= 0.3 is 6.18 Å². The van der Waals surface area contributed by atoms with Crippen LogP contribution in [0.15, 0.2) is 22.8 Å². The van der Waals surface area contributed by atoms with Crippen LogP contribution in [-0.4, -0.2) is 6.18 Å². The molecule has 0 bridgehead atoms. The number of alkyl halides is 3. The third-order valence-corrected chi connectivity index (χ3v) is 1.81. The molecular weight excluding hydrogens is 177 g/mol. The van der Waals surface area contributed by atoms with Crippen molar-refractivity contribution in [3.63, 3.8) is 0 Å². The van der Waals surface area contributed by atoms with Gasteiger partial charge in [-0.2, -0.15) is 13.2 Å². The number of rotatable bonds is 0. The van der Waals surface area contributed by atoms with Gasteiger partial charge in [0.05, 0.1) is 5.57 Å². The molecule has 0 aromatic rings. The summed E-state index contributed by atoms with van der Waals surface area (Å²) in [5.74, 6) is 0. The van der Waals surface area contributed by atoms with Crippen molar-refractivity contribution in [1.29, 1.82) is 0 Å². The summed E-state index contributed by atoms with van der Waals surface area (Å²) in [7, 11) is 0. The minimum absolute atomic E-state index is 0.0833. The van der Waals surface area contributed by atoms with E-state index in [0.29, 0.717) is 12.8 Å². The van der Waals surface area contributed by atoms with Crippen molar-refractivity contribution >= 4 is 11.6 Å². The molecule has 4 heteroatoms. The van der Waals surface area contributed by atoms with Gasteiger partial charge in [0, 0.05) is 5.03 Å². The van der Waals surface area contributed by atoms with Crippen LogP contribution in [0.3, 0.4) is 0 Å². The second kappa shape index (κ2) is 2.89. The zero-order chi connectivity index (χ0) is 8.48. The Hall–Kier alpha value is -0.440. The SMILES string of the molecule is FC(F)(F)C1=C(Cl)CCC=C1. The third-order valence-electron chi connectivity index (χ3n) is 1.41. The van der Waals surface area contributed by atoms with E-state index in [4.69, 9.17) is 11.6 Å². The number of allylic oxidation sites excluding steroid dienone is 4. The van der Waals surface area contributed by atoms with Crippen molar-refractivity contribution in [1.82, 2.24) is 0 Å². The van der Waals surface area contributed by atoms with Crippen molar-refractivity contribution in [2.24, 2.45) is 0 Å². The van der Waals surface area contributed by atoms with Gasteiger partial charge in [-0.05, 0) is 12.8 Å². The molecule has 1 aliphatic rings. The molecule has 0 amide bonds. The highest BCUT2D eigenvalue weighted by Gasteiger charge is 2.34. The van der Waals surface area contributed by atoms with Crippen LogP contribution in [0.5, 0.6) is 0 Å². The zero-order valence-electron chi connectivity index (χ0n) is 5.58. The topological polar surface area (TPSA) is 0 Å². The van der Waals surface area contributed by atoms with Crippen LogP contribution >= 0.6 is 11.6 Å². The second-order valence-corrected chi connectivity index (χ2v) is 2.71. The van der Waals surface area contributed by atoms with Crippen LogP contribution in [0.25, 0.3) is 0 Å². The van der Waals surface area contributed by atoms with E-state index in [-0.39, 0.29) is 5.03 Å². The van der Waals surface area contributed by atoms with Gasteiger partial charge in [-0.1, -0.05) is 23.8 Å². The second-order valence-electron chi connectivity index (χ2n) is 2.26. The number of halogens is 4. The third kappa shape index (κ3) is 1.99. The Balaban J connectivity index is 2.93. The lowest BCUT2D eigenvalue weighted by molar-refractivity contribution is -0.0888. The molecule has 0 spiro atoms. The first-order chi connectivity index (χ1) is 5.02. The largest absolute Gasteiger partial charge is 0.417 e. The van der Waals surface area contributed by atoms with Crippen LogP contribution in [0.2, 0.25) is 0 Å². The lowest BCUT2D eigenvalue weighted by atomic mass is 10.1. The fourth-order valence-corrected chi connectivity index (χ4v) is 1.16. The monoisotopic (exact) mass is 182 g/mol. The van der Waals surface area contributed by atoms with Gasteiger partial charge in [0.25, 0.3) is 0 Å². The molecule has 11 heavy (non-hydrogen) atoms. The van der Waals surface area contributed by atoms with E-state index in [9.17, 15) is 13.2 Å². The van der Waals surface area contributed by atoms with Gasteiger partial charge in [0.1, 0.15) is 0 Å². The summed E-state index contributed by atoms with van der Waals surface area (Å²) >= 11 is 5.38. The normalized spacial score (nSPS) is 19.3. The predicted molar refractivity (Wildman–Crippen MR) is 37.3 cm³/mol. The average molecular weight is 183 g/mol. The maximum Gasteiger partial charge on any atom is 0.417 e. The smallest absolute Gasteiger partial charge is 0.166 e. The first-order valence-corrected chi connectivity index (χ1v) is 3.52. The molecule has 0 radical (unpaired) electrons. The predicted octanol–water partition coefficient (Wildman–Crippen LogP) is 3.39. The molecule has 0 nitrogen and oxygen atoms in total. The molecule has 62 valence electrons. The minimum Gasteiger partial charge on any atom is -0.166 e. The van der Waals surface area contributed by atoms with Gasteiger partial charge < -0.3 is 0 Å². The molecule has 0 unspecified atom stereocenters.